The molecular weight excluding hydrogens is 350 g/mol. The zero-order chi connectivity index (χ0) is 19.0. The molecule has 0 saturated carbocycles. The van der Waals surface area contributed by atoms with Gasteiger partial charge in [-0.1, -0.05) is 30.3 Å². The lowest BCUT2D eigenvalue weighted by Crippen LogP contribution is -2.48. The van der Waals surface area contributed by atoms with E-state index < -0.39 is 17.7 Å². The van der Waals surface area contributed by atoms with Gasteiger partial charge in [0.2, 0.25) is 0 Å². The van der Waals surface area contributed by atoms with E-state index >= 15 is 0 Å². The number of carbonyl (C=O) groups excluding carboxylic acids is 1. The van der Waals surface area contributed by atoms with E-state index in [0.717, 1.165) is 5.56 Å². The Hall–Kier alpha value is -2.87. The van der Waals surface area contributed by atoms with Gasteiger partial charge >= 0.3 is 12.1 Å². The Morgan fingerprint density at radius 2 is 2.11 bits per heavy atom. The second-order valence-corrected chi connectivity index (χ2v) is 6.78. The second kappa shape index (κ2) is 6.70. The number of rotatable bonds is 4. The summed E-state index contributed by atoms with van der Waals surface area (Å²) in [6.45, 7) is 3.30. The molecule has 0 bridgehead atoms. The molecule has 0 aliphatic carbocycles. The van der Waals surface area contributed by atoms with Gasteiger partial charge in [0.25, 0.3) is 0 Å². The quantitative estimate of drug-likeness (QED) is 0.655. The maximum absolute atomic E-state index is 12.5. The Morgan fingerprint density at radius 1 is 1.37 bits per heavy atom. The largest absolute Gasteiger partial charge is 0.465 e. The summed E-state index contributed by atoms with van der Waals surface area (Å²) >= 11 is 0. The molecule has 1 amide bonds. The minimum Gasteiger partial charge on any atom is -0.465 e. The standard InChI is InChI=1S/C19H21N3O5/c1-2-26-17(23)15-16(13-6-4-3-5-7-13)22(12-20-15)14-10-21(18(24)25)9-8-19(14)11-27-19/h3-7,12,14H,2,8-11H2,1H3,(H,24,25). The summed E-state index contributed by atoms with van der Waals surface area (Å²) in [5, 5.41) is 9.43. The molecule has 2 atom stereocenters. The molecule has 4 rings (SSSR count). The third-order valence-corrected chi connectivity index (χ3v) is 5.24. The number of benzene rings is 1. The van der Waals surface area contributed by atoms with Crippen LogP contribution in [-0.2, 0) is 9.47 Å². The molecule has 1 N–H and O–H groups in total. The molecule has 27 heavy (non-hydrogen) atoms. The van der Waals surface area contributed by atoms with Crippen LogP contribution in [0.25, 0.3) is 11.3 Å². The van der Waals surface area contributed by atoms with Gasteiger partial charge in [-0.25, -0.2) is 14.6 Å². The van der Waals surface area contributed by atoms with Crippen LogP contribution in [0.3, 0.4) is 0 Å². The maximum atomic E-state index is 12.5. The SMILES string of the molecule is CCOC(=O)c1ncn(C2CN(C(=O)O)CCC23CO3)c1-c1ccccc1. The number of amides is 1. The van der Waals surface area contributed by atoms with Crippen molar-refractivity contribution < 1.29 is 24.2 Å². The zero-order valence-electron chi connectivity index (χ0n) is 15.0. The van der Waals surface area contributed by atoms with Gasteiger partial charge in [-0.15, -0.1) is 0 Å². The van der Waals surface area contributed by atoms with Crippen molar-refractivity contribution in [2.24, 2.45) is 0 Å². The van der Waals surface area contributed by atoms with E-state index in [2.05, 4.69) is 4.98 Å². The summed E-state index contributed by atoms with van der Waals surface area (Å²) in [5.74, 6) is -0.494. The summed E-state index contributed by atoms with van der Waals surface area (Å²) in [4.78, 5) is 29.7. The van der Waals surface area contributed by atoms with Crippen molar-refractivity contribution >= 4 is 12.1 Å². The summed E-state index contributed by atoms with van der Waals surface area (Å²) in [5.41, 5.74) is 1.27. The minimum atomic E-state index is -0.956. The second-order valence-electron chi connectivity index (χ2n) is 6.78. The molecular formula is C19H21N3O5. The van der Waals surface area contributed by atoms with Crippen molar-refractivity contribution in [1.29, 1.82) is 0 Å². The number of nitrogens with zero attached hydrogens (tertiary/aromatic N) is 3. The molecule has 2 aliphatic rings. The highest BCUT2D eigenvalue weighted by Crippen LogP contribution is 2.46. The smallest absolute Gasteiger partial charge is 0.407 e. The molecule has 3 heterocycles. The van der Waals surface area contributed by atoms with Crippen LogP contribution in [0, 0.1) is 0 Å². The van der Waals surface area contributed by atoms with E-state index in [0.29, 0.717) is 25.3 Å². The summed E-state index contributed by atoms with van der Waals surface area (Å²) in [6.07, 6.45) is 1.25. The van der Waals surface area contributed by atoms with Crippen LogP contribution in [0.15, 0.2) is 36.7 Å². The fraction of sp³-hybridized carbons (Fsp3) is 0.421. The normalized spacial score (nSPS) is 24.0. The Bertz CT molecular complexity index is 859. The number of hydrogen-bond acceptors (Lipinski definition) is 5. The van der Waals surface area contributed by atoms with Gasteiger partial charge in [0.1, 0.15) is 5.60 Å². The van der Waals surface area contributed by atoms with Gasteiger partial charge in [-0.3, -0.25) is 0 Å². The number of carbonyl (C=O) groups is 2. The van der Waals surface area contributed by atoms with Crippen LogP contribution in [0.4, 0.5) is 4.79 Å². The number of imidazole rings is 1. The Balaban J connectivity index is 1.80. The molecule has 2 aliphatic heterocycles. The van der Waals surface area contributed by atoms with E-state index in [4.69, 9.17) is 9.47 Å². The molecule has 1 aromatic heterocycles. The zero-order valence-corrected chi connectivity index (χ0v) is 15.0. The highest BCUT2D eigenvalue weighted by molar-refractivity contribution is 5.94. The first-order chi connectivity index (χ1) is 13.1. The number of hydrogen-bond donors (Lipinski definition) is 1. The molecule has 8 nitrogen and oxygen atoms in total. The van der Waals surface area contributed by atoms with Crippen LogP contribution >= 0.6 is 0 Å². The Morgan fingerprint density at radius 3 is 2.74 bits per heavy atom. The fourth-order valence-electron chi connectivity index (χ4n) is 3.73. The third kappa shape index (κ3) is 3.06. The highest BCUT2D eigenvalue weighted by atomic mass is 16.6. The monoisotopic (exact) mass is 371 g/mol. The molecule has 8 heteroatoms. The van der Waals surface area contributed by atoms with E-state index in [1.54, 1.807) is 13.3 Å². The maximum Gasteiger partial charge on any atom is 0.407 e. The Kier molecular flexibility index (Phi) is 4.35. The first kappa shape index (κ1) is 17.5. The molecule has 0 radical (unpaired) electrons. The lowest BCUT2D eigenvalue weighted by molar-refractivity contribution is 0.0519. The van der Waals surface area contributed by atoms with Crippen LogP contribution in [0.5, 0.6) is 0 Å². The van der Waals surface area contributed by atoms with Gasteiger partial charge in [-0.2, -0.15) is 0 Å². The average molecular weight is 371 g/mol. The lowest BCUT2D eigenvalue weighted by atomic mass is 9.91. The predicted octanol–water partition coefficient (Wildman–Crippen LogP) is 2.42. The van der Waals surface area contributed by atoms with E-state index in [-0.39, 0.29) is 24.9 Å². The summed E-state index contributed by atoms with van der Waals surface area (Å²) in [6, 6.07) is 9.20. The molecule has 2 aromatic rings. The van der Waals surface area contributed by atoms with Crippen molar-refractivity contribution in [3.63, 3.8) is 0 Å². The number of carboxylic acid groups (broad SMARTS) is 1. The minimum absolute atomic E-state index is 0.228. The third-order valence-electron chi connectivity index (χ3n) is 5.24. The van der Waals surface area contributed by atoms with E-state index in [1.807, 2.05) is 34.9 Å². The fourth-order valence-corrected chi connectivity index (χ4v) is 3.73. The van der Waals surface area contributed by atoms with Gasteiger partial charge < -0.3 is 24.0 Å². The van der Waals surface area contributed by atoms with Crippen LogP contribution in [0.1, 0.15) is 29.9 Å². The molecule has 1 spiro atoms. The number of epoxide rings is 1. The molecule has 2 saturated heterocycles. The first-order valence-corrected chi connectivity index (χ1v) is 8.97. The lowest BCUT2D eigenvalue weighted by Gasteiger charge is -2.37. The van der Waals surface area contributed by atoms with Crippen molar-refractivity contribution in [1.82, 2.24) is 14.5 Å². The summed E-state index contributed by atoms with van der Waals surface area (Å²) < 4.78 is 12.8. The van der Waals surface area contributed by atoms with Crippen molar-refractivity contribution in [2.45, 2.75) is 25.0 Å². The molecule has 2 fully saturated rings. The summed E-state index contributed by atoms with van der Waals surface area (Å²) in [7, 11) is 0. The van der Waals surface area contributed by atoms with Gasteiger partial charge in [0, 0.05) is 18.7 Å². The van der Waals surface area contributed by atoms with Gasteiger partial charge in [-0.05, 0) is 13.3 Å². The molecule has 1 aromatic carbocycles. The topological polar surface area (TPSA) is 97.2 Å². The highest BCUT2D eigenvalue weighted by Gasteiger charge is 2.56. The predicted molar refractivity (Wildman–Crippen MR) is 95.6 cm³/mol. The Labute approximate surface area is 156 Å². The number of ether oxygens (including phenoxy) is 2. The van der Waals surface area contributed by atoms with Gasteiger partial charge in [0.05, 0.1) is 31.3 Å². The van der Waals surface area contributed by atoms with Crippen LogP contribution in [0.2, 0.25) is 0 Å². The van der Waals surface area contributed by atoms with E-state index in [9.17, 15) is 14.7 Å². The van der Waals surface area contributed by atoms with Crippen molar-refractivity contribution in [3.8, 4) is 11.3 Å². The van der Waals surface area contributed by atoms with Crippen LogP contribution in [-0.4, -0.2) is 63.5 Å². The molecule has 142 valence electrons. The van der Waals surface area contributed by atoms with Crippen LogP contribution < -0.4 is 0 Å². The number of piperidine rings is 1. The number of esters is 1. The average Bonchev–Trinajstić information content (AvgIpc) is 3.29. The number of aromatic nitrogens is 2. The number of likely N-dealkylation sites (tertiary alicyclic amines) is 1. The van der Waals surface area contributed by atoms with E-state index in [1.165, 1.54) is 4.90 Å². The first-order valence-electron chi connectivity index (χ1n) is 8.97. The van der Waals surface area contributed by atoms with Crippen molar-refractivity contribution in [3.05, 3.63) is 42.4 Å². The van der Waals surface area contributed by atoms with Crippen molar-refractivity contribution in [2.75, 3.05) is 26.3 Å². The van der Waals surface area contributed by atoms with Gasteiger partial charge in [0.15, 0.2) is 5.69 Å². The molecule has 2 unspecified atom stereocenters.